The van der Waals surface area contributed by atoms with Gasteiger partial charge in [0.15, 0.2) is 0 Å². The lowest BCUT2D eigenvalue weighted by molar-refractivity contribution is 0.893. The second-order valence-electron chi connectivity index (χ2n) is 3.42. The summed E-state index contributed by atoms with van der Waals surface area (Å²) in [6, 6.07) is 7.53. The van der Waals surface area contributed by atoms with Crippen molar-refractivity contribution in [2.75, 3.05) is 0 Å². The molecule has 0 aliphatic carbocycles. The van der Waals surface area contributed by atoms with Gasteiger partial charge in [0.1, 0.15) is 0 Å². The Bertz CT molecular complexity index is 539. The second-order valence-corrected chi connectivity index (χ2v) is 7.80. The SMILES string of the molecule is NC(c1ccc(I)c(Cl)c1)c1cc(Cl)c(Br)s1. The molecular weight excluding hydrogens is 456 g/mol. The predicted octanol–water partition coefficient (Wildman–Crippen LogP) is 5.47. The van der Waals surface area contributed by atoms with E-state index < -0.39 is 0 Å². The predicted molar refractivity (Wildman–Crippen MR) is 87.2 cm³/mol. The van der Waals surface area contributed by atoms with Crippen LogP contribution in [-0.4, -0.2) is 0 Å². The van der Waals surface area contributed by atoms with Gasteiger partial charge < -0.3 is 5.73 Å². The van der Waals surface area contributed by atoms with Crippen molar-refractivity contribution in [1.29, 1.82) is 0 Å². The van der Waals surface area contributed by atoms with Gasteiger partial charge in [-0.25, -0.2) is 0 Å². The summed E-state index contributed by atoms with van der Waals surface area (Å²) in [5.74, 6) is 0. The fraction of sp³-hybridized carbons (Fsp3) is 0.0909. The van der Waals surface area contributed by atoms with Crippen LogP contribution < -0.4 is 5.73 Å². The van der Waals surface area contributed by atoms with Gasteiger partial charge in [-0.1, -0.05) is 29.3 Å². The monoisotopic (exact) mass is 461 g/mol. The van der Waals surface area contributed by atoms with Crippen molar-refractivity contribution in [3.05, 3.63) is 52.1 Å². The molecule has 0 saturated heterocycles. The molecule has 0 saturated carbocycles. The molecule has 1 nitrogen and oxygen atoms in total. The molecule has 17 heavy (non-hydrogen) atoms. The van der Waals surface area contributed by atoms with Crippen molar-refractivity contribution in [3.8, 4) is 0 Å². The molecule has 0 spiro atoms. The van der Waals surface area contributed by atoms with Crippen LogP contribution in [0.2, 0.25) is 10.0 Å². The number of benzene rings is 1. The summed E-state index contributed by atoms with van der Waals surface area (Å²) in [4.78, 5) is 1.01. The summed E-state index contributed by atoms with van der Waals surface area (Å²) in [6.45, 7) is 0. The van der Waals surface area contributed by atoms with Crippen molar-refractivity contribution < 1.29 is 0 Å². The minimum absolute atomic E-state index is 0.196. The quantitative estimate of drug-likeness (QED) is 0.588. The standard InChI is InChI=1S/C11H7BrCl2INS/c12-11-7(14)4-9(17-11)10(16)5-1-2-8(15)6(13)3-5/h1-4,10H,16H2. The fourth-order valence-corrected chi connectivity index (χ4v) is 3.69. The highest BCUT2D eigenvalue weighted by molar-refractivity contribution is 14.1. The van der Waals surface area contributed by atoms with Crippen LogP contribution >= 0.6 is 73.1 Å². The highest BCUT2D eigenvalue weighted by Gasteiger charge is 2.14. The zero-order valence-corrected chi connectivity index (χ0v) is 14.5. The Kier molecular flexibility index (Phi) is 4.77. The summed E-state index contributed by atoms with van der Waals surface area (Å²) < 4.78 is 1.92. The highest BCUT2D eigenvalue weighted by Crippen LogP contribution is 2.37. The van der Waals surface area contributed by atoms with E-state index in [0.717, 1.165) is 22.8 Å². The first-order chi connectivity index (χ1) is 7.99. The van der Waals surface area contributed by atoms with Crippen molar-refractivity contribution in [2.24, 2.45) is 5.73 Å². The zero-order valence-electron chi connectivity index (χ0n) is 8.38. The molecule has 0 aliphatic rings. The van der Waals surface area contributed by atoms with E-state index in [1.807, 2.05) is 24.3 Å². The van der Waals surface area contributed by atoms with E-state index in [9.17, 15) is 0 Å². The Morgan fingerprint density at radius 2 is 1.94 bits per heavy atom. The topological polar surface area (TPSA) is 26.0 Å². The van der Waals surface area contributed by atoms with Crippen molar-refractivity contribution >= 4 is 73.1 Å². The van der Waals surface area contributed by atoms with Gasteiger partial charge in [0.25, 0.3) is 0 Å². The van der Waals surface area contributed by atoms with Gasteiger partial charge in [0.2, 0.25) is 0 Å². The van der Waals surface area contributed by atoms with Crippen LogP contribution in [0, 0.1) is 3.57 Å². The van der Waals surface area contributed by atoms with Crippen molar-refractivity contribution in [3.63, 3.8) is 0 Å². The summed E-state index contributed by atoms with van der Waals surface area (Å²) >= 11 is 19.2. The number of thiophene rings is 1. The normalized spacial score (nSPS) is 12.8. The minimum atomic E-state index is -0.196. The highest BCUT2D eigenvalue weighted by atomic mass is 127. The van der Waals surface area contributed by atoms with Crippen LogP contribution in [0.15, 0.2) is 28.1 Å². The van der Waals surface area contributed by atoms with Gasteiger partial charge in [0, 0.05) is 8.45 Å². The molecule has 2 N–H and O–H groups in total. The van der Waals surface area contributed by atoms with Crippen LogP contribution in [0.1, 0.15) is 16.5 Å². The Morgan fingerprint density at radius 3 is 2.47 bits per heavy atom. The Labute approximate surface area is 136 Å². The number of halogens is 4. The average Bonchev–Trinajstić information content (AvgIpc) is 2.62. The van der Waals surface area contributed by atoms with Crippen LogP contribution in [0.3, 0.4) is 0 Å². The molecular formula is C11H7BrCl2INS. The molecule has 0 aliphatic heterocycles. The summed E-state index contributed by atoms with van der Waals surface area (Å²) in [7, 11) is 0. The maximum atomic E-state index is 6.19. The Balaban J connectivity index is 2.36. The van der Waals surface area contributed by atoms with E-state index in [-0.39, 0.29) is 6.04 Å². The van der Waals surface area contributed by atoms with Gasteiger partial charge in [-0.05, 0) is 62.3 Å². The van der Waals surface area contributed by atoms with E-state index in [1.54, 1.807) is 11.3 Å². The Hall–Kier alpha value is 0.670. The lowest BCUT2D eigenvalue weighted by Gasteiger charge is -2.10. The lowest BCUT2D eigenvalue weighted by Crippen LogP contribution is -2.10. The summed E-state index contributed by atoms with van der Waals surface area (Å²) in [6.07, 6.45) is 0. The minimum Gasteiger partial charge on any atom is -0.320 e. The van der Waals surface area contributed by atoms with Gasteiger partial charge in [-0.15, -0.1) is 11.3 Å². The largest absolute Gasteiger partial charge is 0.320 e. The van der Waals surface area contributed by atoms with Crippen LogP contribution in [0.25, 0.3) is 0 Å². The first-order valence-electron chi connectivity index (χ1n) is 4.64. The molecule has 1 unspecified atom stereocenters. The molecule has 0 amide bonds. The van der Waals surface area contributed by atoms with Crippen molar-refractivity contribution in [2.45, 2.75) is 6.04 Å². The maximum Gasteiger partial charge on any atom is 0.0888 e. The third-order valence-corrected chi connectivity index (χ3v) is 6.40. The fourth-order valence-electron chi connectivity index (χ4n) is 1.39. The molecule has 2 rings (SSSR count). The second kappa shape index (κ2) is 5.75. The zero-order chi connectivity index (χ0) is 12.6. The third kappa shape index (κ3) is 3.16. The molecule has 0 fully saturated rings. The molecule has 90 valence electrons. The lowest BCUT2D eigenvalue weighted by atomic mass is 10.1. The van der Waals surface area contributed by atoms with Crippen LogP contribution in [-0.2, 0) is 0 Å². The van der Waals surface area contributed by atoms with Gasteiger partial charge in [-0.2, -0.15) is 0 Å². The third-order valence-electron chi connectivity index (χ3n) is 2.27. The molecule has 1 aromatic heterocycles. The van der Waals surface area contributed by atoms with Crippen molar-refractivity contribution in [1.82, 2.24) is 0 Å². The van der Waals surface area contributed by atoms with Gasteiger partial charge >= 0.3 is 0 Å². The first kappa shape index (κ1) is 14.1. The first-order valence-corrected chi connectivity index (χ1v) is 8.08. The van der Waals surface area contributed by atoms with Crippen LogP contribution in [0.4, 0.5) is 0 Å². The molecule has 0 bridgehead atoms. The number of rotatable bonds is 2. The molecule has 1 atom stereocenters. The molecule has 2 aromatic rings. The molecule has 0 radical (unpaired) electrons. The van der Waals surface area contributed by atoms with E-state index >= 15 is 0 Å². The van der Waals surface area contributed by atoms with E-state index in [1.165, 1.54) is 0 Å². The number of hydrogen-bond donors (Lipinski definition) is 1. The summed E-state index contributed by atoms with van der Waals surface area (Å²) in [5, 5.41) is 1.41. The molecule has 1 heterocycles. The number of nitrogens with two attached hydrogens (primary N) is 1. The Morgan fingerprint density at radius 1 is 1.24 bits per heavy atom. The number of hydrogen-bond acceptors (Lipinski definition) is 2. The van der Waals surface area contributed by atoms with E-state index in [0.29, 0.717) is 5.02 Å². The smallest absolute Gasteiger partial charge is 0.0888 e. The van der Waals surface area contributed by atoms with Gasteiger partial charge in [0.05, 0.1) is 19.9 Å². The molecule has 6 heteroatoms. The summed E-state index contributed by atoms with van der Waals surface area (Å²) in [5.41, 5.74) is 7.17. The van der Waals surface area contributed by atoms with Crippen LogP contribution in [0.5, 0.6) is 0 Å². The molecule has 1 aromatic carbocycles. The van der Waals surface area contributed by atoms with Gasteiger partial charge in [-0.3, -0.25) is 0 Å². The van der Waals surface area contributed by atoms with E-state index in [4.69, 9.17) is 28.9 Å². The average molecular weight is 463 g/mol. The van der Waals surface area contributed by atoms with E-state index in [2.05, 4.69) is 38.5 Å². The maximum absolute atomic E-state index is 6.19.